The van der Waals surface area contributed by atoms with E-state index in [1.165, 1.54) is 22.0 Å². The third kappa shape index (κ3) is 2.86. The van der Waals surface area contributed by atoms with Crippen molar-refractivity contribution >= 4 is 60.7 Å². The molecule has 0 unspecified atom stereocenters. The van der Waals surface area contributed by atoms with Crippen LogP contribution in [0.25, 0.3) is 20.4 Å². The molecule has 2 fully saturated rings. The van der Waals surface area contributed by atoms with Crippen LogP contribution in [0.3, 0.4) is 0 Å². The minimum absolute atomic E-state index is 0.0690. The number of amides is 1. The molecule has 32 heavy (non-hydrogen) atoms. The van der Waals surface area contributed by atoms with E-state index in [9.17, 15) is 4.79 Å². The fourth-order valence-corrected chi connectivity index (χ4v) is 7.03. The van der Waals surface area contributed by atoms with Crippen molar-refractivity contribution in [1.82, 2.24) is 24.5 Å². The Labute approximate surface area is 191 Å². The highest BCUT2D eigenvalue weighted by atomic mass is 32.1. The van der Waals surface area contributed by atoms with E-state index in [4.69, 9.17) is 4.74 Å². The number of nitrogens with zero attached hydrogens (tertiary/aromatic N) is 5. The molecule has 7 rings (SSSR count). The van der Waals surface area contributed by atoms with Crippen LogP contribution in [-0.4, -0.2) is 56.7 Å². The second kappa shape index (κ2) is 6.90. The molecule has 1 aliphatic carbocycles. The van der Waals surface area contributed by atoms with E-state index in [0.29, 0.717) is 5.91 Å². The van der Waals surface area contributed by atoms with Crippen LogP contribution < -0.4 is 5.32 Å². The molecule has 5 heterocycles. The molecule has 162 valence electrons. The summed E-state index contributed by atoms with van der Waals surface area (Å²) in [6, 6.07) is 6.01. The number of carbonyl (C=O) groups is 1. The molecule has 1 N–H and O–H groups in total. The van der Waals surface area contributed by atoms with Crippen LogP contribution in [0, 0.1) is 11.3 Å². The molecule has 3 aliphatic rings. The van der Waals surface area contributed by atoms with E-state index in [-0.39, 0.29) is 11.3 Å². The number of aromatic nitrogens is 4. The third-order valence-corrected chi connectivity index (χ3v) is 8.73. The normalized spacial score (nSPS) is 21.4. The minimum atomic E-state index is 0.0690. The van der Waals surface area contributed by atoms with Gasteiger partial charge in [-0.2, -0.15) is 0 Å². The summed E-state index contributed by atoms with van der Waals surface area (Å²) in [7, 11) is 0. The Bertz CT molecular complexity index is 1370. The fraction of sp³-hybridized carbons (Fsp3) is 0.409. The zero-order chi connectivity index (χ0) is 21.3. The van der Waals surface area contributed by atoms with Gasteiger partial charge in [-0.3, -0.25) is 4.79 Å². The van der Waals surface area contributed by atoms with Crippen LogP contribution in [0.2, 0.25) is 0 Å². The molecule has 1 amide bonds. The van der Waals surface area contributed by atoms with Crippen molar-refractivity contribution in [1.29, 1.82) is 0 Å². The molecular weight excluding hydrogens is 444 g/mol. The van der Waals surface area contributed by atoms with Crippen LogP contribution in [0.1, 0.15) is 16.9 Å². The van der Waals surface area contributed by atoms with Gasteiger partial charge in [-0.15, -0.1) is 16.4 Å². The molecule has 1 aromatic carbocycles. The molecular formula is C22H20N6O2S2. The maximum atomic E-state index is 13.1. The number of benzene rings is 1. The van der Waals surface area contributed by atoms with Gasteiger partial charge in [-0.1, -0.05) is 4.49 Å². The lowest BCUT2D eigenvalue weighted by atomic mass is 9.76. The number of fused-ring (bicyclic) bond motifs is 4. The molecule has 0 saturated carbocycles. The zero-order valence-corrected chi connectivity index (χ0v) is 18.8. The van der Waals surface area contributed by atoms with Crippen molar-refractivity contribution in [3.63, 3.8) is 0 Å². The summed E-state index contributed by atoms with van der Waals surface area (Å²) < 4.78 is 10.4. The van der Waals surface area contributed by atoms with Gasteiger partial charge < -0.3 is 15.0 Å². The zero-order valence-electron chi connectivity index (χ0n) is 17.2. The number of rotatable bonds is 3. The summed E-state index contributed by atoms with van der Waals surface area (Å²) in [5.41, 5.74) is 3.42. The van der Waals surface area contributed by atoms with Gasteiger partial charge in [0.25, 0.3) is 0 Å². The van der Waals surface area contributed by atoms with Gasteiger partial charge in [0.05, 0.1) is 28.7 Å². The maximum Gasteiger partial charge on any atom is 0.226 e. The first-order valence-electron chi connectivity index (χ1n) is 10.8. The van der Waals surface area contributed by atoms with Crippen molar-refractivity contribution in [3.05, 3.63) is 35.0 Å². The Balaban J connectivity index is 1.16. The van der Waals surface area contributed by atoms with Crippen molar-refractivity contribution in [2.24, 2.45) is 11.3 Å². The van der Waals surface area contributed by atoms with Gasteiger partial charge in [-0.25, -0.2) is 9.97 Å². The first kappa shape index (κ1) is 18.8. The summed E-state index contributed by atoms with van der Waals surface area (Å²) in [4.78, 5) is 26.5. The van der Waals surface area contributed by atoms with E-state index in [1.54, 1.807) is 17.7 Å². The molecule has 1 spiro atoms. The molecule has 1 atom stereocenters. The number of anilines is 2. The number of ether oxygens (including phenoxy) is 1. The minimum Gasteiger partial charge on any atom is -0.380 e. The Hall–Kier alpha value is -2.69. The van der Waals surface area contributed by atoms with Gasteiger partial charge in [0, 0.05) is 29.6 Å². The standard InChI is InChI=1S/C22H20N6O2S2/c29-21(28-7-22(8-28)9-30-10-22)12-1-3-14-16(5-12)31-20-18(14)19(23-11-24-20)25-13-2-4-15-17(6-13)32-27-26-15/h2,4,6,11-12H,1,3,5,7-10H2,(H,23,24,25)/t12-/m0/s1. The highest BCUT2D eigenvalue weighted by Gasteiger charge is 2.51. The smallest absolute Gasteiger partial charge is 0.226 e. The number of carbonyl (C=O) groups excluding carboxylic acids is 1. The Kier molecular flexibility index (Phi) is 4.06. The van der Waals surface area contributed by atoms with Crippen LogP contribution in [0.5, 0.6) is 0 Å². The second-order valence-electron chi connectivity index (χ2n) is 9.11. The van der Waals surface area contributed by atoms with Crippen molar-refractivity contribution in [3.8, 4) is 0 Å². The van der Waals surface area contributed by atoms with Crippen molar-refractivity contribution in [2.45, 2.75) is 19.3 Å². The van der Waals surface area contributed by atoms with Gasteiger partial charge in [-0.05, 0) is 54.6 Å². The monoisotopic (exact) mass is 464 g/mol. The Morgan fingerprint density at radius 2 is 2.16 bits per heavy atom. The predicted molar refractivity (Wildman–Crippen MR) is 123 cm³/mol. The van der Waals surface area contributed by atoms with Crippen LogP contribution in [0.4, 0.5) is 11.5 Å². The average molecular weight is 465 g/mol. The molecule has 2 aliphatic heterocycles. The van der Waals surface area contributed by atoms with Crippen LogP contribution in [0.15, 0.2) is 24.5 Å². The lowest BCUT2D eigenvalue weighted by Gasteiger charge is -2.55. The van der Waals surface area contributed by atoms with Crippen molar-refractivity contribution < 1.29 is 9.53 Å². The van der Waals surface area contributed by atoms with Gasteiger partial charge >= 0.3 is 0 Å². The largest absolute Gasteiger partial charge is 0.380 e. The highest BCUT2D eigenvalue weighted by molar-refractivity contribution is 7.19. The first-order chi connectivity index (χ1) is 15.7. The predicted octanol–water partition coefficient (Wildman–Crippen LogP) is 3.40. The number of hydrogen-bond acceptors (Lipinski definition) is 9. The average Bonchev–Trinajstić information content (AvgIpc) is 3.35. The molecule has 8 nitrogen and oxygen atoms in total. The number of thiophene rings is 1. The summed E-state index contributed by atoms with van der Waals surface area (Å²) in [6.07, 6.45) is 4.17. The molecule has 0 bridgehead atoms. The van der Waals surface area contributed by atoms with Crippen molar-refractivity contribution in [2.75, 3.05) is 31.6 Å². The number of nitrogens with one attached hydrogen (secondary N) is 1. The summed E-state index contributed by atoms with van der Waals surface area (Å²) in [5, 5.41) is 8.68. The van der Waals surface area contributed by atoms with Gasteiger partial charge in [0.2, 0.25) is 5.91 Å². The van der Waals surface area contributed by atoms with Crippen LogP contribution in [-0.2, 0) is 22.4 Å². The maximum absolute atomic E-state index is 13.1. The fourth-order valence-electron chi connectivity index (χ4n) is 5.16. The van der Waals surface area contributed by atoms with Gasteiger partial charge in [0.15, 0.2) is 0 Å². The van der Waals surface area contributed by atoms with E-state index >= 15 is 0 Å². The van der Waals surface area contributed by atoms with Crippen LogP contribution >= 0.6 is 22.9 Å². The summed E-state index contributed by atoms with van der Waals surface area (Å²) in [6.45, 7) is 3.34. The Morgan fingerprint density at radius 3 is 3.00 bits per heavy atom. The third-order valence-electron chi connectivity index (χ3n) is 6.89. The van der Waals surface area contributed by atoms with E-state index in [2.05, 4.69) is 30.9 Å². The first-order valence-corrected chi connectivity index (χ1v) is 12.4. The molecule has 0 radical (unpaired) electrons. The lowest BCUT2D eigenvalue weighted by Crippen LogP contribution is -2.68. The van der Waals surface area contributed by atoms with Gasteiger partial charge in [0.1, 0.15) is 22.5 Å². The van der Waals surface area contributed by atoms with E-state index in [0.717, 1.165) is 77.5 Å². The molecule has 3 aromatic heterocycles. The number of aryl methyl sites for hydroxylation is 1. The lowest BCUT2D eigenvalue weighted by molar-refractivity contribution is -0.197. The quantitative estimate of drug-likeness (QED) is 0.497. The number of likely N-dealkylation sites (tertiary alicyclic amines) is 1. The highest BCUT2D eigenvalue weighted by Crippen LogP contribution is 2.43. The topological polar surface area (TPSA) is 93.1 Å². The molecule has 10 heteroatoms. The SMILES string of the molecule is O=C([C@H]1CCc2c(sc3ncnc(Nc4ccc5nnsc5c4)c23)C1)N1CC2(COC2)C1. The summed E-state index contributed by atoms with van der Waals surface area (Å²) >= 11 is 3.08. The van der Waals surface area contributed by atoms with E-state index < -0.39 is 0 Å². The Morgan fingerprint density at radius 1 is 1.25 bits per heavy atom. The molecule has 2 saturated heterocycles. The summed E-state index contributed by atoms with van der Waals surface area (Å²) in [5.74, 6) is 1.20. The van der Waals surface area contributed by atoms with E-state index in [1.807, 2.05) is 17.0 Å². The molecule has 4 aromatic rings. The second-order valence-corrected chi connectivity index (χ2v) is 11.0. The number of hydrogen-bond donors (Lipinski definition) is 1.